The number of aryl methyl sites for hydroxylation is 1. The molecule has 1 aliphatic rings. The highest BCUT2D eigenvalue weighted by Gasteiger charge is 2.29. The molecule has 1 aromatic carbocycles. The molecule has 1 saturated carbocycles. The van der Waals surface area contributed by atoms with Crippen LogP contribution in [0.25, 0.3) is 11.0 Å². The van der Waals surface area contributed by atoms with Gasteiger partial charge in [0.2, 0.25) is 0 Å². The maximum absolute atomic E-state index is 6.21. The molecular weight excluding hydrogens is 246 g/mol. The van der Waals surface area contributed by atoms with Gasteiger partial charge in [-0.15, -0.1) is 0 Å². The van der Waals surface area contributed by atoms with Gasteiger partial charge in [-0.1, -0.05) is 11.6 Å². The number of hydrogen-bond acceptors (Lipinski definition) is 2. The topological polar surface area (TPSA) is 43.8 Å². The summed E-state index contributed by atoms with van der Waals surface area (Å²) in [6.07, 6.45) is 3.42. The van der Waals surface area contributed by atoms with Crippen molar-refractivity contribution in [2.45, 2.75) is 38.8 Å². The molecule has 0 radical (unpaired) electrons. The van der Waals surface area contributed by atoms with Crippen molar-refractivity contribution in [3.63, 3.8) is 0 Å². The van der Waals surface area contributed by atoms with Crippen LogP contribution in [0, 0.1) is 5.92 Å². The molecule has 96 valence electrons. The largest absolute Gasteiger partial charge is 0.328 e. The lowest BCUT2D eigenvalue weighted by molar-refractivity contribution is 0.557. The van der Waals surface area contributed by atoms with E-state index in [2.05, 4.69) is 11.5 Å². The lowest BCUT2D eigenvalue weighted by atomic mass is 10.1. The van der Waals surface area contributed by atoms with Gasteiger partial charge in [-0.25, -0.2) is 4.98 Å². The summed E-state index contributed by atoms with van der Waals surface area (Å²) < 4.78 is 2.24. The van der Waals surface area contributed by atoms with Gasteiger partial charge in [-0.3, -0.25) is 0 Å². The molecule has 3 rings (SSSR count). The molecule has 1 fully saturated rings. The van der Waals surface area contributed by atoms with E-state index in [4.69, 9.17) is 22.3 Å². The van der Waals surface area contributed by atoms with Crippen molar-refractivity contribution in [3.8, 4) is 0 Å². The van der Waals surface area contributed by atoms with Crippen molar-refractivity contribution in [3.05, 3.63) is 29.0 Å². The third-order valence-corrected chi connectivity index (χ3v) is 3.99. The van der Waals surface area contributed by atoms with E-state index in [0.29, 0.717) is 5.92 Å². The van der Waals surface area contributed by atoms with Crippen LogP contribution in [0.3, 0.4) is 0 Å². The van der Waals surface area contributed by atoms with Gasteiger partial charge >= 0.3 is 0 Å². The Hall–Kier alpha value is -1.06. The van der Waals surface area contributed by atoms with Crippen molar-refractivity contribution in [2.24, 2.45) is 11.7 Å². The normalized spacial score (nSPS) is 17.3. The highest BCUT2D eigenvalue weighted by molar-refractivity contribution is 6.31. The van der Waals surface area contributed by atoms with Crippen LogP contribution >= 0.6 is 11.6 Å². The minimum absolute atomic E-state index is 0.252. The number of benzene rings is 1. The second-order valence-corrected chi connectivity index (χ2v) is 5.55. The van der Waals surface area contributed by atoms with E-state index in [1.807, 2.05) is 18.2 Å². The van der Waals surface area contributed by atoms with E-state index >= 15 is 0 Å². The van der Waals surface area contributed by atoms with Gasteiger partial charge in [0, 0.05) is 24.0 Å². The van der Waals surface area contributed by atoms with E-state index < -0.39 is 0 Å². The minimum Gasteiger partial charge on any atom is -0.328 e. The molecule has 3 nitrogen and oxygen atoms in total. The van der Waals surface area contributed by atoms with E-state index in [-0.39, 0.29) is 6.04 Å². The Bertz CT molecular complexity index is 572. The van der Waals surface area contributed by atoms with Crippen LogP contribution in [0.1, 0.15) is 25.6 Å². The van der Waals surface area contributed by atoms with E-state index in [1.54, 1.807) is 0 Å². The van der Waals surface area contributed by atoms with Gasteiger partial charge in [-0.05, 0) is 43.9 Å². The summed E-state index contributed by atoms with van der Waals surface area (Å²) in [6, 6.07) is 6.14. The number of nitrogens with zero attached hydrogens (tertiary/aromatic N) is 2. The molecule has 0 spiro atoms. The number of imidazole rings is 1. The number of halogens is 1. The van der Waals surface area contributed by atoms with Gasteiger partial charge in [0.05, 0.1) is 11.0 Å². The maximum atomic E-state index is 6.21. The van der Waals surface area contributed by atoms with Crippen LogP contribution in [0.4, 0.5) is 0 Å². The summed E-state index contributed by atoms with van der Waals surface area (Å²) >= 11 is 6.02. The van der Waals surface area contributed by atoms with E-state index in [1.165, 1.54) is 12.8 Å². The first kappa shape index (κ1) is 12.0. The Kier molecular flexibility index (Phi) is 3.04. The number of aromatic nitrogens is 2. The second kappa shape index (κ2) is 4.56. The zero-order valence-electron chi connectivity index (χ0n) is 10.6. The predicted molar refractivity (Wildman–Crippen MR) is 74.8 cm³/mol. The summed E-state index contributed by atoms with van der Waals surface area (Å²) in [6.45, 7) is 3.06. The summed E-state index contributed by atoms with van der Waals surface area (Å²) in [5.41, 5.74) is 8.33. The highest BCUT2D eigenvalue weighted by atomic mass is 35.5. The summed E-state index contributed by atoms with van der Waals surface area (Å²) in [7, 11) is 0. The van der Waals surface area contributed by atoms with Crippen molar-refractivity contribution in [2.75, 3.05) is 0 Å². The SMILES string of the molecule is CCn1c(CC(N)C2CC2)nc2cc(Cl)ccc21. The molecule has 2 aromatic rings. The second-order valence-electron chi connectivity index (χ2n) is 5.11. The molecule has 0 bridgehead atoms. The van der Waals surface area contributed by atoms with Crippen molar-refractivity contribution in [1.29, 1.82) is 0 Å². The average Bonchev–Trinajstić information content (AvgIpc) is 3.12. The third-order valence-electron chi connectivity index (χ3n) is 3.75. The quantitative estimate of drug-likeness (QED) is 0.922. The zero-order chi connectivity index (χ0) is 12.7. The maximum Gasteiger partial charge on any atom is 0.111 e. The van der Waals surface area contributed by atoms with E-state index in [0.717, 1.165) is 34.8 Å². The molecule has 4 heteroatoms. The number of rotatable bonds is 4. The summed E-state index contributed by atoms with van der Waals surface area (Å²) in [4.78, 5) is 4.69. The van der Waals surface area contributed by atoms with Gasteiger partial charge in [-0.2, -0.15) is 0 Å². The first-order valence-electron chi connectivity index (χ1n) is 6.59. The fourth-order valence-corrected chi connectivity index (χ4v) is 2.73. The van der Waals surface area contributed by atoms with Crippen LogP contribution < -0.4 is 5.73 Å². The molecule has 0 aliphatic heterocycles. The van der Waals surface area contributed by atoms with E-state index in [9.17, 15) is 0 Å². The zero-order valence-corrected chi connectivity index (χ0v) is 11.3. The Labute approximate surface area is 112 Å². The Morgan fingerprint density at radius 3 is 2.94 bits per heavy atom. The highest BCUT2D eigenvalue weighted by Crippen LogP contribution is 2.33. The number of nitrogens with two attached hydrogens (primary N) is 1. The standard InChI is InChI=1S/C14H18ClN3/c1-2-18-13-6-5-10(15)7-12(13)17-14(18)8-11(16)9-3-4-9/h5-7,9,11H,2-4,8,16H2,1H3. The summed E-state index contributed by atoms with van der Waals surface area (Å²) in [5.74, 6) is 1.80. The molecule has 18 heavy (non-hydrogen) atoms. The molecular formula is C14H18ClN3. The van der Waals surface area contributed by atoms with Gasteiger partial charge in [0.15, 0.2) is 0 Å². The monoisotopic (exact) mass is 263 g/mol. The molecule has 1 atom stereocenters. The lowest BCUT2D eigenvalue weighted by Gasteiger charge is -2.11. The van der Waals surface area contributed by atoms with Crippen molar-refractivity contribution >= 4 is 22.6 Å². The minimum atomic E-state index is 0.252. The van der Waals surface area contributed by atoms with Gasteiger partial charge < -0.3 is 10.3 Å². The fourth-order valence-electron chi connectivity index (χ4n) is 2.56. The van der Waals surface area contributed by atoms with Crippen molar-refractivity contribution < 1.29 is 0 Å². The Morgan fingerprint density at radius 1 is 1.50 bits per heavy atom. The van der Waals surface area contributed by atoms with Crippen LogP contribution in [0.15, 0.2) is 18.2 Å². The van der Waals surface area contributed by atoms with Crippen LogP contribution in [0.5, 0.6) is 0 Å². The predicted octanol–water partition coefficient (Wildman–Crippen LogP) is 2.99. The molecule has 0 saturated heterocycles. The molecule has 2 N–H and O–H groups in total. The molecule has 1 unspecified atom stereocenters. The Balaban J connectivity index is 1.99. The first-order valence-corrected chi connectivity index (χ1v) is 6.97. The molecule has 1 aromatic heterocycles. The fraction of sp³-hybridized carbons (Fsp3) is 0.500. The average molecular weight is 264 g/mol. The molecule has 1 aliphatic carbocycles. The van der Waals surface area contributed by atoms with Crippen molar-refractivity contribution in [1.82, 2.24) is 9.55 Å². The summed E-state index contributed by atoms with van der Waals surface area (Å²) in [5, 5.41) is 0.737. The number of fused-ring (bicyclic) bond motifs is 1. The third kappa shape index (κ3) is 2.13. The lowest BCUT2D eigenvalue weighted by Crippen LogP contribution is -2.26. The number of hydrogen-bond donors (Lipinski definition) is 1. The van der Waals surface area contributed by atoms with Crippen LogP contribution in [-0.2, 0) is 13.0 Å². The Morgan fingerprint density at radius 2 is 2.28 bits per heavy atom. The van der Waals surface area contributed by atoms with Gasteiger partial charge in [0.25, 0.3) is 0 Å². The smallest absolute Gasteiger partial charge is 0.111 e. The molecule has 0 amide bonds. The molecule has 1 heterocycles. The van der Waals surface area contributed by atoms with Crippen LogP contribution in [-0.4, -0.2) is 15.6 Å². The first-order chi connectivity index (χ1) is 8.69. The van der Waals surface area contributed by atoms with Gasteiger partial charge in [0.1, 0.15) is 5.82 Å². The van der Waals surface area contributed by atoms with Crippen LogP contribution in [0.2, 0.25) is 5.02 Å².